The highest BCUT2D eigenvalue weighted by Gasteiger charge is 1.93. The van der Waals surface area contributed by atoms with Crippen molar-refractivity contribution in [1.29, 1.82) is 0 Å². The van der Waals surface area contributed by atoms with Gasteiger partial charge >= 0.3 is 0 Å². The molecule has 1 aliphatic rings. The van der Waals surface area contributed by atoms with E-state index in [1.807, 2.05) is 36.4 Å². The van der Waals surface area contributed by atoms with Gasteiger partial charge in [-0.25, -0.2) is 0 Å². The maximum absolute atomic E-state index is 9.18. The van der Waals surface area contributed by atoms with Crippen LogP contribution in [0.15, 0.2) is 36.4 Å². The summed E-state index contributed by atoms with van der Waals surface area (Å²) in [5, 5.41) is 3.28. The first-order valence-electron chi connectivity index (χ1n) is 6.17. The Kier molecular flexibility index (Phi) is 13.5. The molecule has 1 aromatic rings. The standard InChI is InChI=1S/C6H6.C5H11N.C3H6O2/c2*1-2-4-6-5-3-1;1-2-5-3-4/h1-6H;6H,1-5H2;3H,2H2,1H3. The molecule has 1 fully saturated rings. The molecule has 1 heterocycles. The van der Waals surface area contributed by atoms with Crippen LogP contribution in [0.4, 0.5) is 0 Å². The third kappa shape index (κ3) is 14.7. The molecule has 0 bridgehead atoms. The number of benzene rings is 1. The van der Waals surface area contributed by atoms with Crippen LogP contribution < -0.4 is 5.32 Å². The zero-order valence-electron chi connectivity index (χ0n) is 10.6. The molecule has 17 heavy (non-hydrogen) atoms. The van der Waals surface area contributed by atoms with Crippen LogP contribution in [0.2, 0.25) is 0 Å². The lowest BCUT2D eigenvalue weighted by Crippen LogP contribution is -2.21. The summed E-state index contributed by atoms with van der Waals surface area (Å²) in [5.74, 6) is 0. The Labute approximate surface area is 104 Å². The van der Waals surface area contributed by atoms with Gasteiger partial charge in [0.25, 0.3) is 6.47 Å². The van der Waals surface area contributed by atoms with Crippen molar-refractivity contribution in [2.24, 2.45) is 0 Å². The first kappa shape index (κ1) is 15.7. The SMILES string of the molecule is C1CCNCC1.CCOC=O.c1ccccc1. The highest BCUT2D eigenvalue weighted by atomic mass is 16.5. The van der Waals surface area contributed by atoms with Crippen LogP contribution >= 0.6 is 0 Å². The van der Waals surface area contributed by atoms with Gasteiger partial charge in [-0.05, 0) is 32.9 Å². The van der Waals surface area contributed by atoms with Crippen molar-refractivity contribution >= 4 is 6.47 Å². The number of hydrogen-bond acceptors (Lipinski definition) is 3. The third-order valence-corrected chi connectivity index (χ3v) is 2.11. The number of carbonyl (C=O) groups is 1. The van der Waals surface area contributed by atoms with Crippen molar-refractivity contribution in [3.63, 3.8) is 0 Å². The minimum atomic E-state index is 0.431. The minimum absolute atomic E-state index is 0.431. The summed E-state index contributed by atoms with van der Waals surface area (Å²) >= 11 is 0. The molecule has 0 aliphatic carbocycles. The zero-order chi connectivity index (χ0) is 12.6. The van der Waals surface area contributed by atoms with Crippen LogP contribution in [0.1, 0.15) is 26.2 Å². The summed E-state index contributed by atoms with van der Waals surface area (Å²) in [6.07, 6.45) is 4.22. The van der Waals surface area contributed by atoms with E-state index in [1.165, 1.54) is 32.4 Å². The average Bonchev–Trinajstić information content (AvgIpc) is 2.45. The van der Waals surface area contributed by atoms with Gasteiger partial charge in [0.1, 0.15) is 0 Å². The number of rotatable bonds is 2. The molecule has 0 atom stereocenters. The Bertz CT molecular complexity index is 197. The molecular weight excluding hydrogens is 214 g/mol. The van der Waals surface area contributed by atoms with Crippen LogP contribution in [0.25, 0.3) is 0 Å². The van der Waals surface area contributed by atoms with Crippen LogP contribution in [-0.2, 0) is 9.53 Å². The summed E-state index contributed by atoms with van der Waals surface area (Å²) < 4.78 is 4.15. The van der Waals surface area contributed by atoms with Crippen LogP contribution in [0.3, 0.4) is 0 Å². The Morgan fingerprint density at radius 2 is 1.47 bits per heavy atom. The third-order valence-electron chi connectivity index (χ3n) is 2.11. The van der Waals surface area contributed by atoms with Gasteiger partial charge in [-0.1, -0.05) is 42.8 Å². The summed E-state index contributed by atoms with van der Waals surface area (Å²) in [7, 11) is 0. The monoisotopic (exact) mass is 237 g/mol. The fourth-order valence-corrected chi connectivity index (χ4v) is 1.25. The Hall–Kier alpha value is -1.35. The van der Waals surface area contributed by atoms with Gasteiger partial charge in [0, 0.05) is 0 Å². The van der Waals surface area contributed by atoms with E-state index in [1.54, 1.807) is 6.92 Å². The normalized spacial score (nSPS) is 13.2. The molecule has 0 radical (unpaired) electrons. The first-order chi connectivity index (χ1) is 8.41. The van der Waals surface area contributed by atoms with E-state index in [-0.39, 0.29) is 0 Å². The zero-order valence-corrected chi connectivity index (χ0v) is 10.6. The van der Waals surface area contributed by atoms with Gasteiger partial charge in [-0.2, -0.15) is 0 Å². The van der Waals surface area contributed by atoms with E-state index < -0.39 is 0 Å². The van der Waals surface area contributed by atoms with Gasteiger partial charge in [0.05, 0.1) is 6.61 Å². The highest BCUT2D eigenvalue weighted by molar-refractivity contribution is 5.36. The molecular formula is C14H23NO2. The van der Waals surface area contributed by atoms with E-state index in [2.05, 4.69) is 10.1 Å². The maximum atomic E-state index is 9.18. The summed E-state index contributed by atoms with van der Waals surface area (Å²) in [4.78, 5) is 9.18. The fraction of sp³-hybridized carbons (Fsp3) is 0.500. The van der Waals surface area contributed by atoms with E-state index in [4.69, 9.17) is 0 Å². The maximum Gasteiger partial charge on any atom is 0.293 e. The molecule has 0 amide bonds. The minimum Gasteiger partial charge on any atom is -0.468 e. The van der Waals surface area contributed by atoms with Crippen molar-refractivity contribution in [3.8, 4) is 0 Å². The van der Waals surface area contributed by atoms with E-state index >= 15 is 0 Å². The number of ether oxygens (including phenoxy) is 1. The van der Waals surface area contributed by atoms with Gasteiger partial charge in [-0.3, -0.25) is 4.79 Å². The molecule has 1 aromatic carbocycles. The Morgan fingerprint density at radius 1 is 1.00 bits per heavy atom. The second kappa shape index (κ2) is 14.6. The summed E-state index contributed by atoms with van der Waals surface area (Å²) in [6, 6.07) is 12.0. The van der Waals surface area contributed by atoms with E-state index in [0.717, 1.165) is 0 Å². The van der Waals surface area contributed by atoms with Crippen molar-refractivity contribution in [2.45, 2.75) is 26.2 Å². The Morgan fingerprint density at radius 3 is 1.59 bits per heavy atom. The molecule has 0 unspecified atom stereocenters. The largest absolute Gasteiger partial charge is 0.468 e. The van der Waals surface area contributed by atoms with Gasteiger partial charge in [0.2, 0.25) is 0 Å². The van der Waals surface area contributed by atoms with E-state index in [9.17, 15) is 4.79 Å². The number of nitrogens with one attached hydrogen (secondary N) is 1. The molecule has 0 saturated carbocycles. The second-order valence-corrected chi connectivity index (χ2v) is 3.52. The quantitative estimate of drug-likeness (QED) is 0.804. The second-order valence-electron chi connectivity index (χ2n) is 3.52. The van der Waals surface area contributed by atoms with Crippen molar-refractivity contribution in [1.82, 2.24) is 5.32 Å². The van der Waals surface area contributed by atoms with Crippen molar-refractivity contribution in [3.05, 3.63) is 36.4 Å². The van der Waals surface area contributed by atoms with E-state index in [0.29, 0.717) is 13.1 Å². The molecule has 2 rings (SSSR count). The predicted molar refractivity (Wildman–Crippen MR) is 70.9 cm³/mol. The molecule has 3 heteroatoms. The van der Waals surface area contributed by atoms with Crippen molar-refractivity contribution < 1.29 is 9.53 Å². The lowest BCUT2D eigenvalue weighted by molar-refractivity contribution is -0.128. The smallest absolute Gasteiger partial charge is 0.293 e. The molecule has 0 spiro atoms. The lowest BCUT2D eigenvalue weighted by atomic mass is 10.2. The number of hydrogen-bond donors (Lipinski definition) is 1. The van der Waals surface area contributed by atoms with Crippen LogP contribution in [-0.4, -0.2) is 26.2 Å². The lowest BCUT2D eigenvalue weighted by Gasteiger charge is -2.08. The summed E-state index contributed by atoms with van der Waals surface area (Å²) in [6.45, 7) is 5.16. The van der Waals surface area contributed by atoms with Gasteiger partial charge in [0.15, 0.2) is 0 Å². The molecule has 0 aromatic heterocycles. The summed E-state index contributed by atoms with van der Waals surface area (Å²) in [5.41, 5.74) is 0. The van der Waals surface area contributed by atoms with Gasteiger partial charge in [-0.15, -0.1) is 0 Å². The van der Waals surface area contributed by atoms with Crippen LogP contribution in [0, 0.1) is 0 Å². The number of carbonyl (C=O) groups excluding carboxylic acids is 1. The Balaban J connectivity index is 0.000000228. The predicted octanol–water partition coefficient (Wildman–Crippen LogP) is 2.63. The fourth-order valence-electron chi connectivity index (χ4n) is 1.25. The topological polar surface area (TPSA) is 38.3 Å². The van der Waals surface area contributed by atoms with Gasteiger partial charge < -0.3 is 10.1 Å². The molecule has 96 valence electrons. The molecule has 1 N–H and O–H groups in total. The molecule has 1 aliphatic heterocycles. The van der Waals surface area contributed by atoms with Crippen LogP contribution in [0.5, 0.6) is 0 Å². The molecule has 1 saturated heterocycles. The number of piperidine rings is 1. The highest BCUT2D eigenvalue weighted by Crippen LogP contribution is 1.96. The first-order valence-corrected chi connectivity index (χ1v) is 6.17. The average molecular weight is 237 g/mol. The van der Waals surface area contributed by atoms with Crippen molar-refractivity contribution in [2.75, 3.05) is 19.7 Å². The molecule has 3 nitrogen and oxygen atoms in total.